The lowest BCUT2D eigenvalue weighted by atomic mass is 10.1. The second kappa shape index (κ2) is 17.6. The van der Waals surface area contributed by atoms with Gasteiger partial charge in [-0.2, -0.15) is 0 Å². The number of phosphoric acid groups is 3. The minimum atomic E-state index is -5.90. The molecular weight excluding hydrogens is 847 g/mol. The van der Waals surface area contributed by atoms with Crippen LogP contribution in [-0.4, -0.2) is 122 Å². The third kappa shape index (κ3) is 10.6. The van der Waals surface area contributed by atoms with Crippen molar-refractivity contribution in [3.8, 4) is 0 Å². The highest BCUT2D eigenvalue weighted by Crippen LogP contribution is 2.43. The summed E-state index contributed by atoms with van der Waals surface area (Å²) < 4.78 is 75.3. The number of nitrogens with two attached hydrogens (primary N) is 2. The average molecular weight is 888 g/mol. The number of anilines is 2. The van der Waals surface area contributed by atoms with Gasteiger partial charge in [0, 0.05) is 6.54 Å². The molecule has 0 saturated carbocycles. The van der Waals surface area contributed by atoms with E-state index in [1.807, 2.05) is 0 Å². The van der Waals surface area contributed by atoms with Crippen LogP contribution >= 0.6 is 23.5 Å². The molecule has 0 aromatic carbocycles. The van der Waals surface area contributed by atoms with Gasteiger partial charge in [0.15, 0.2) is 18.9 Å². The zero-order valence-electron chi connectivity index (χ0n) is 29.5. The highest BCUT2D eigenvalue weighted by molar-refractivity contribution is 7.46. The van der Waals surface area contributed by atoms with E-state index < -0.39 is 104 Å². The molecule has 0 spiro atoms. The molecule has 4 aromatic heterocycles. The van der Waals surface area contributed by atoms with Gasteiger partial charge in [0.25, 0.3) is 38.7 Å². The number of rotatable bonds is 16. The lowest BCUT2D eigenvalue weighted by Crippen LogP contribution is -2.54. The summed E-state index contributed by atoms with van der Waals surface area (Å²) in [5, 5.41) is 21.1. The van der Waals surface area contributed by atoms with Crippen molar-refractivity contribution in [3.05, 3.63) is 33.4 Å². The van der Waals surface area contributed by atoms with Gasteiger partial charge in [0.2, 0.25) is 17.3 Å². The molecule has 324 valence electrons. The lowest BCUT2D eigenvalue weighted by Gasteiger charge is -2.36. The molecule has 32 heteroatoms. The summed E-state index contributed by atoms with van der Waals surface area (Å²) in [5.74, 6) is -0.425. The number of aliphatic hydroxyl groups excluding tert-OH is 2. The fraction of sp³-hybridized carbons (Fsp3) is 0.615. The fourth-order valence-corrected chi connectivity index (χ4v) is 8.07. The Morgan fingerprint density at radius 2 is 1.50 bits per heavy atom. The number of morpholine rings is 1. The molecule has 3 unspecified atom stereocenters. The van der Waals surface area contributed by atoms with Crippen LogP contribution in [0.3, 0.4) is 0 Å². The Labute approximate surface area is 325 Å². The maximum absolute atomic E-state index is 12.6. The molecule has 58 heavy (non-hydrogen) atoms. The molecule has 0 amide bonds. The topological polar surface area (TPSA) is 424 Å². The van der Waals surface area contributed by atoms with Crippen LogP contribution in [0.2, 0.25) is 0 Å². The average Bonchev–Trinajstić information content (AvgIpc) is 3.76. The molecular formula is C26H40N11O18P3-2. The minimum absolute atomic E-state index is 0. The first-order chi connectivity index (χ1) is 26.6. The summed E-state index contributed by atoms with van der Waals surface area (Å²) in [6, 6.07) is 0. The van der Waals surface area contributed by atoms with Crippen LogP contribution in [0.15, 0.2) is 22.2 Å². The summed E-state index contributed by atoms with van der Waals surface area (Å²) in [5.41, 5.74) is 10.4. The number of nitrogen functional groups attached to an aromatic ring is 2. The zero-order valence-corrected chi connectivity index (χ0v) is 32.2. The molecule has 6 heterocycles. The number of ether oxygens (including phenoxy) is 2. The number of phosphoric ester groups is 3. The van der Waals surface area contributed by atoms with Gasteiger partial charge < -0.3 is 77.9 Å². The Kier molecular flexibility index (Phi) is 13.8. The van der Waals surface area contributed by atoms with Gasteiger partial charge in [-0.05, 0) is 7.05 Å². The van der Waals surface area contributed by atoms with Crippen LogP contribution in [-0.2, 0) is 52.8 Å². The monoisotopic (exact) mass is 887 g/mol. The van der Waals surface area contributed by atoms with Crippen molar-refractivity contribution in [2.45, 2.75) is 50.4 Å². The van der Waals surface area contributed by atoms with Crippen LogP contribution in [0.5, 0.6) is 0 Å². The second-order valence-corrected chi connectivity index (χ2v) is 16.7. The van der Waals surface area contributed by atoms with E-state index in [9.17, 15) is 53.1 Å². The van der Waals surface area contributed by atoms with Gasteiger partial charge in [0.05, 0.1) is 53.9 Å². The van der Waals surface area contributed by atoms with Gasteiger partial charge in [-0.15, -0.1) is 0 Å². The Hall–Kier alpha value is -3.57. The van der Waals surface area contributed by atoms with Gasteiger partial charge in [0.1, 0.15) is 24.4 Å². The molecule has 9 atom stereocenters. The van der Waals surface area contributed by atoms with E-state index in [0.717, 1.165) is 4.57 Å². The fourth-order valence-electron chi connectivity index (χ4n) is 6.06. The Morgan fingerprint density at radius 3 is 2.14 bits per heavy atom. The number of nitrogens with one attached hydrogen (secondary N) is 3. The second-order valence-electron chi connectivity index (χ2n) is 12.8. The van der Waals surface area contributed by atoms with E-state index in [4.69, 9.17) is 30.0 Å². The van der Waals surface area contributed by atoms with E-state index in [-0.39, 0.29) is 54.7 Å². The summed E-state index contributed by atoms with van der Waals surface area (Å²) in [4.78, 5) is 89.6. The highest BCUT2D eigenvalue weighted by Gasteiger charge is 2.47. The first-order valence-corrected chi connectivity index (χ1v) is 20.8. The predicted molar refractivity (Wildman–Crippen MR) is 183 cm³/mol. The number of aryl methyl sites for hydroxylation is 1. The van der Waals surface area contributed by atoms with Crippen molar-refractivity contribution >= 4 is 57.7 Å². The number of aromatic nitrogens is 8. The predicted octanol–water partition coefficient (Wildman–Crippen LogP) is -6.43. The third-order valence-electron chi connectivity index (χ3n) is 8.49. The van der Waals surface area contributed by atoms with Crippen LogP contribution in [0.1, 0.15) is 19.9 Å². The Balaban J connectivity index is 0.00000641. The zero-order chi connectivity index (χ0) is 41.6. The maximum atomic E-state index is 12.6. The van der Waals surface area contributed by atoms with E-state index in [0.29, 0.717) is 0 Å². The molecule has 9 N–H and O–H groups in total. The first-order valence-electron chi connectivity index (χ1n) is 16.4. The molecule has 2 saturated heterocycles. The van der Waals surface area contributed by atoms with E-state index >= 15 is 0 Å². The van der Waals surface area contributed by atoms with Crippen molar-refractivity contribution in [1.29, 1.82) is 0 Å². The summed E-state index contributed by atoms with van der Waals surface area (Å²) in [6.45, 7) is -3.81. The number of likely N-dealkylation sites (N-methyl/N-ethyl adjacent to an activating group) is 1. The third-order valence-corrected chi connectivity index (χ3v) is 10.9. The van der Waals surface area contributed by atoms with E-state index in [2.05, 4.69) is 38.5 Å². The number of nitrogens with zero attached hydrogens (tertiary/aromatic N) is 6. The van der Waals surface area contributed by atoms with Crippen molar-refractivity contribution in [3.63, 3.8) is 0 Å². The maximum Gasteiger partial charge on any atom is 0.313 e. The van der Waals surface area contributed by atoms with E-state index in [1.165, 1.54) is 21.8 Å². The van der Waals surface area contributed by atoms with Crippen LogP contribution in [0.25, 0.3) is 22.3 Å². The molecule has 2 aliphatic rings. The number of aromatic amines is 3. The summed E-state index contributed by atoms with van der Waals surface area (Å²) >= 11 is 0. The van der Waals surface area contributed by atoms with Gasteiger partial charge >= 0.3 is 11.3 Å². The molecule has 6 rings (SSSR count). The number of aliphatic hydroxyl groups is 2. The van der Waals surface area contributed by atoms with Gasteiger partial charge in [-0.1, -0.05) is 17.4 Å². The molecule has 2 fully saturated rings. The number of hydrogen-bond acceptors (Lipinski definition) is 23. The molecule has 4 aromatic rings. The number of imidazole rings is 2. The van der Waals surface area contributed by atoms with Gasteiger partial charge in [-0.3, -0.25) is 43.1 Å². The van der Waals surface area contributed by atoms with E-state index in [1.54, 1.807) is 19.0 Å². The molecule has 0 radical (unpaired) electrons. The number of fused-ring (bicyclic) bond motifs is 2. The van der Waals surface area contributed by atoms with Crippen LogP contribution < -0.4 is 51.3 Å². The quantitative estimate of drug-likeness (QED) is 0.0406. The SMILES string of the molecule is C.CN1C[C@@H](COP(=O)([O-])OCC(COP(=O)([O-])OC[C@H]2O[C@@H]([n+]3c[nH]c4c(=O)[nH]c(N)nc43)[C@H](O)[C@@H]2O)OP(=O)([O-])[O-])O[C@@H]([n+]2cn(C)c3c(=O)[nH]c(N)nc32)C1. The summed E-state index contributed by atoms with van der Waals surface area (Å²) in [6.07, 6.45) is -7.62. The minimum Gasteiger partial charge on any atom is -0.790 e. The summed E-state index contributed by atoms with van der Waals surface area (Å²) in [7, 11) is -13.4. The van der Waals surface area contributed by atoms with Crippen molar-refractivity contribution in [2.24, 2.45) is 7.05 Å². The number of hydrogen-bond donors (Lipinski definition) is 7. The largest absolute Gasteiger partial charge is 0.790 e. The molecule has 2 aliphatic heterocycles. The Bertz CT molecular complexity index is 2370. The molecule has 0 bridgehead atoms. The van der Waals surface area contributed by atoms with Gasteiger partial charge in [-0.25, -0.2) is 9.13 Å². The van der Waals surface area contributed by atoms with Crippen LogP contribution in [0.4, 0.5) is 11.9 Å². The van der Waals surface area contributed by atoms with Crippen molar-refractivity contribution in [2.75, 3.05) is 58.0 Å². The lowest BCUT2D eigenvalue weighted by molar-refractivity contribution is -0.747. The first kappa shape index (κ1) is 45.5. The Morgan fingerprint density at radius 1 is 0.897 bits per heavy atom. The normalized spacial score (nSPS) is 25.7. The van der Waals surface area contributed by atoms with Crippen LogP contribution in [0, 0.1) is 0 Å². The van der Waals surface area contributed by atoms with Crippen molar-refractivity contribution in [1.82, 2.24) is 34.4 Å². The standard InChI is InChI=1S/C25H38N11O18P3.CH4/c1-33-3-11(52-14(4-33)36-10-34(2)16-20(36)30-25(27)32-22(16)40)5-48-56(44,45)49-6-12(54-55(41,42)43)7-50-57(46,47)51-8-13-17(37)18(38)23(53-13)35-9-28-15-19(35)29-24(26)31-21(15)39;/h9-14,17-18,23,37-38H,3-8H2,1-2H3,(H9-,26,27,29,30,31,32,39,40,41,42,43,44,45,46,47);1H4/p-2/t11-,12?,13+,14+,17+,18+,23+;/m0./s1. The molecule has 29 nitrogen and oxygen atoms in total. The smallest absolute Gasteiger partial charge is 0.313 e. The molecule has 0 aliphatic carbocycles. The number of H-pyrrole nitrogens is 3. The van der Waals surface area contributed by atoms with Crippen molar-refractivity contribution < 1.29 is 84.7 Å². The highest BCUT2D eigenvalue weighted by atomic mass is 31.2.